The van der Waals surface area contributed by atoms with Crippen molar-refractivity contribution in [1.29, 1.82) is 0 Å². The van der Waals surface area contributed by atoms with E-state index in [1.807, 2.05) is 18.2 Å². The Bertz CT molecular complexity index is 701. The molecule has 0 unspecified atom stereocenters. The van der Waals surface area contributed by atoms with E-state index in [-0.39, 0.29) is 0 Å². The zero-order chi connectivity index (χ0) is 17.4. The zero-order valence-corrected chi connectivity index (χ0v) is 15.0. The van der Waals surface area contributed by atoms with Crippen LogP contribution in [-0.4, -0.2) is 12.5 Å². The summed E-state index contributed by atoms with van der Waals surface area (Å²) in [6.07, 6.45) is 1.61. The summed E-state index contributed by atoms with van der Waals surface area (Å²) in [5.74, 6) is 0.602. The first kappa shape index (κ1) is 17.7. The van der Waals surface area contributed by atoms with Gasteiger partial charge in [-0.25, -0.2) is 0 Å². The number of rotatable bonds is 8. The fourth-order valence-corrected chi connectivity index (χ4v) is 3.30. The molecule has 0 atom stereocenters. The fourth-order valence-electron chi connectivity index (χ4n) is 3.19. The van der Waals surface area contributed by atoms with Crippen molar-refractivity contribution in [3.8, 4) is 0 Å². The van der Waals surface area contributed by atoms with Crippen LogP contribution in [0.4, 0.5) is 0 Å². The van der Waals surface area contributed by atoms with E-state index in [4.69, 9.17) is 16.3 Å². The van der Waals surface area contributed by atoms with Crippen molar-refractivity contribution in [2.24, 2.45) is 0 Å². The Morgan fingerprint density at radius 1 is 0.680 bits per heavy atom. The summed E-state index contributed by atoms with van der Waals surface area (Å²) in [5.41, 5.74) is 3.07. The summed E-state index contributed by atoms with van der Waals surface area (Å²) in [6, 6.07) is 31.5. The largest absolute Gasteiger partial charge is 0.365 e. The molecule has 0 aliphatic heterocycles. The van der Waals surface area contributed by atoms with Crippen LogP contribution in [0.25, 0.3) is 0 Å². The van der Waals surface area contributed by atoms with Gasteiger partial charge >= 0.3 is 0 Å². The molecule has 128 valence electrons. The molecule has 0 amide bonds. The van der Waals surface area contributed by atoms with Crippen LogP contribution in [0.3, 0.4) is 0 Å². The molecule has 0 aliphatic rings. The lowest BCUT2D eigenvalue weighted by Crippen LogP contribution is -2.34. The van der Waals surface area contributed by atoms with Crippen LogP contribution in [0.2, 0.25) is 0 Å². The Balaban J connectivity index is 2.09. The number of benzene rings is 3. The number of alkyl halides is 1. The number of halogens is 1. The molecular formula is C23H23ClO. The molecule has 0 aromatic heterocycles. The standard InChI is InChI=1S/C23H23ClO/c24-17-10-18-25-23(21-13-6-2-7-14-21,22-15-8-3-9-16-22)19-20-11-4-1-5-12-20/h1-9,11-16H,10,17-19H2. The van der Waals surface area contributed by atoms with Gasteiger partial charge in [-0.1, -0.05) is 91.0 Å². The van der Waals surface area contributed by atoms with Gasteiger partial charge < -0.3 is 4.74 Å². The van der Waals surface area contributed by atoms with Gasteiger partial charge in [-0.2, -0.15) is 0 Å². The summed E-state index contributed by atoms with van der Waals surface area (Å²) in [7, 11) is 0. The smallest absolute Gasteiger partial charge is 0.122 e. The zero-order valence-electron chi connectivity index (χ0n) is 14.3. The van der Waals surface area contributed by atoms with E-state index in [0.717, 1.165) is 12.8 Å². The van der Waals surface area contributed by atoms with Gasteiger partial charge in [0.25, 0.3) is 0 Å². The highest BCUT2D eigenvalue weighted by atomic mass is 35.5. The molecule has 0 spiro atoms. The first-order chi connectivity index (χ1) is 12.3. The normalized spacial score (nSPS) is 11.4. The van der Waals surface area contributed by atoms with Crippen molar-refractivity contribution in [3.63, 3.8) is 0 Å². The van der Waals surface area contributed by atoms with Gasteiger partial charge in [0.05, 0.1) is 0 Å². The number of hydrogen-bond donors (Lipinski definition) is 0. The van der Waals surface area contributed by atoms with E-state index in [2.05, 4.69) is 72.8 Å². The van der Waals surface area contributed by atoms with E-state index in [0.29, 0.717) is 12.5 Å². The Morgan fingerprint density at radius 3 is 1.64 bits per heavy atom. The summed E-state index contributed by atoms with van der Waals surface area (Å²) in [5, 5.41) is 0. The fraction of sp³-hybridized carbons (Fsp3) is 0.217. The first-order valence-corrected chi connectivity index (χ1v) is 9.23. The quantitative estimate of drug-likeness (QED) is 0.367. The van der Waals surface area contributed by atoms with Gasteiger partial charge in [-0.15, -0.1) is 11.6 Å². The Labute approximate surface area is 155 Å². The van der Waals surface area contributed by atoms with Crippen LogP contribution in [0.1, 0.15) is 23.1 Å². The molecule has 0 N–H and O–H groups in total. The van der Waals surface area contributed by atoms with Gasteiger partial charge in [-0.3, -0.25) is 0 Å². The van der Waals surface area contributed by atoms with Crippen molar-refractivity contribution in [1.82, 2.24) is 0 Å². The van der Waals surface area contributed by atoms with Crippen molar-refractivity contribution < 1.29 is 4.74 Å². The van der Waals surface area contributed by atoms with Gasteiger partial charge in [-0.05, 0) is 23.1 Å². The molecular weight excluding hydrogens is 328 g/mol. The highest BCUT2D eigenvalue weighted by Crippen LogP contribution is 2.37. The monoisotopic (exact) mass is 350 g/mol. The molecule has 0 saturated heterocycles. The molecule has 3 rings (SSSR count). The molecule has 1 nitrogen and oxygen atoms in total. The predicted molar refractivity (Wildman–Crippen MR) is 105 cm³/mol. The number of hydrogen-bond acceptors (Lipinski definition) is 1. The molecule has 3 aromatic rings. The average Bonchev–Trinajstić information content (AvgIpc) is 2.69. The molecule has 3 aromatic carbocycles. The highest BCUT2D eigenvalue weighted by molar-refractivity contribution is 6.17. The highest BCUT2D eigenvalue weighted by Gasteiger charge is 2.35. The van der Waals surface area contributed by atoms with E-state index in [1.165, 1.54) is 16.7 Å². The first-order valence-electron chi connectivity index (χ1n) is 8.70. The summed E-state index contributed by atoms with van der Waals surface area (Å²) < 4.78 is 6.56. The molecule has 0 heterocycles. The molecule has 25 heavy (non-hydrogen) atoms. The minimum absolute atomic E-state index is 0.518. The Hall–Kier alpha value is -2.09. The summed E-state index contributed by atoms with van der Waals surface area (Å²) in [6.45, 7) is 0.625. The summed E-state index contributed by atoms with van der Waals surface area (Å²) in [4.78, 5) is 0. The molecule has 2 heteroatoms. The maximum atomic E-state index is 6.56. The van der Waals surface area contributed by atoms with Crippen LogP contribution in [0.15, 0.2) is 91.0 Å². The maximum absolute atomic E-state index is 6.56. The Morgan fingerprint density at radius 2 is 1.16 bits per heavy atom. The van der Waals surface area contributed by atoms with Crippen molar-refractivity contribution in [2.45, 2.75) is 18.4 Å². The lowest BCUT2D eigenvalue weighted by atomic mass is 9.81. The van der Waals surface area contributed by atoms with Crippen LogP contribution < -0.4 is 0 Å². The third-order valence-corrected chi connectivity index (χ3v) is 4.67. The third-order valence-electron chi connectivity index (χ3n) is 4.40. The minimum atomic E-state index is -0.518. The SMILES string of the molecule is ClCCCOC(Cc1ccccc1)(c1ccccc1)c1ccccc1. The van der Waals surface area contributed by atoms with E-state index in [9.17, 15) is 0 Å². The van der Waals surface area contributed by atoms with Crippen molar-refractivity contribution in [2.75, 3.05) is 12.5 Å². The molecule has 0 radical (unpaired) electrons. The second-order valence-corrected chi connectivity index (χ2v) is 6.49. The van der Waals surface area contributed by atoms with E-state index >= 15 is 0 Å². The Kier molecular flexibility index (Phi) is 6.27. The van der Waals surface area contributed by atoms with E-state index in [1.54, 1.807) is 0 Å². The second kappa shape index (κ2) is 8.84. The van der Waals surface area contributed by atoms with Crippen LogP contribution in [0.5, 0.6) is 0 Å². The lowest BCUT2D eigenvalue weighted by molar-refractivity contribution is -0.0179. The van der Waals surface area contributed by atoms with Gasteiger partial charge in [0.1, 0.15) is 5.60 Å². The summed E-state index contributed by atoms with van der Waals surface area (Å²) >= 11 is 5.90. The lowest BCUT2D eigenvalue weighted by Gasteiger charge is -2.35. The number of ether oxygens (including phenoxy) is 1. The van der Waals surface area contributed by atoms with E-state index < -0.39 is 5.60 Å². The molecule has 0 fully saturated rings. The van der Waals surface area contributed by atoms with Gasteiger partial charge in [0.15, 0.2) is 0 Å². The molecule has 0 bridgehead atoms. The van der Waals surface area contributed by atoms with Crippen LogP contribution >= 0.6 is 11.6 Å². The van der Waals surface area contributed by atoms with Gasteiger partial charge in [0, 0.05) is 18.9 Å². The topological polar surface area (TPSA) is 9.23 Å². The maximum Gasteiger partial charge on any atom is 0.122 e. The molecule has 0 saturated carbocycles. The van der Waals surface area contributed by atoms with Gasteiger partial charge in [0.2, 0.25) is 0 Å². The average molecular weight is 351 g/mol. The minimum Gasteiger partial charge on any atom is -0.365 e. The van der Waals surface area contributed by atoms with Crippen molar-refractivity contribution >= 4 is 11.6 Å². The molecule has 0 aliphatic carbocycles. The van der Waals surface area contributed by atoms with Crippen LogP contribution in [-0.2, 0) is 16.8 Å². The van der Waals surface area contributed by atoms with Crippen molar-refractivity contribution in [3.05, 3.63) is 108 Å². The predicted octanol–water partition coefficient (Wildman–Crippen LogP) is 5.82. The van der Waals surface area contributed by atoms with Crippen LogP contribution in [0, 0.1) is 0 Å². The second-order valence-electron chi connectivity index (χ2n) is 6.11. The third kappa shape index (κ3) is 4.31.